The minimum Gasteiger partial charge on any atom is -0.460 e. The molecule has 1 saturated carbocycles. The summed E-state index contributed by atoms with van der Waals surface area (Å²) in [5.74, 6) is -0.150. The number of carbonyl (C=O) groups is 3. The molecule has 0 spiro atoms. The van der Waals surface area contributed by atoms with Gasteiger partial charge in [-0.05, 0) is 68.3 Å². The van der Waals surface area contributed by atoms with E-state index in [9.17, 15) is 14.4 Å². The molecule has 2 fully saturated rings. The molecule has 3 aromatic heterocycles. The lowest BCUT2D eigenvalue weighted by Crippen LogP contribution is -2.57. The Morgan fingerprint density at radius 1 is 1.04 bits per heavy atom. The molecule has 4 heterocycles. The minimum atomic E-state index is -1.27. The largest absolute Gasteiger partial charge is 0.460 e. The molecule has 0 bridgehead atoms. The Morgan fingerprint density at radius 2 is 1.91 bits per heavy atom. The first-order valence-corrected chi connectivity index (χ1v) is 15.8. The first-order chi connectivity index (χ1) is 22.4. The predicted octanol–water partition coefficient (Wildman–Crippen LogP) is 5.92. The molecule has 11 heteroatoms. The summed E-state index contributed by atoms with van der Waals surface area (Å²) >= 11 is 0. The third-order valence-electron chi connectivity index (χ3n) is 8.89. The SMILES string of the molecule is CCOC(=O)c1cc2cc(NC(=O)[C@@]3(NC(=O)c4ccc5c(C6CCCCC6)n(-c6ccccn6)nc5c4)CCOC3)ccc2o1. The molecular weight excluding hydrogens is 586 g/mol. The van der Waals surface area contributed by atoms with Gasteiger partial charge in [0.25, 0.3) is 11.8 Å². The number of benzene rings is 2. The fraction of sp³-hybridized carbons (Fsp3) is 0.343. The first-order valence-electron chi connectivity index (χ1n) is 15.8. The highest BCUT2D eigenvalue weighted by Crippen LogP contribution is 2.38. The molecule has 2 aliphatic rings. The third-order valence-corrected chi connectivity index (χ3v) is 8.89. The number of ether oxygens (including phenoxy) is 2. The predicted molar refractivity (Wildman–Crippen MR) is 171 cm³/mol. The lowest BCUT2D eigenvalue weighted by atomic mass is 9.85. The Morgan fingerprint density at radius 3 is 2.67 bits per heavy atom. The number of carbonyl (C=O) groups excluding carboxylic acids is 3. The van der Waals surface area contributed by atoms with E-state index in [0.717, 1.165) is 29.7 Å². The standard InChI is InChI=1S/C35H35N5O6/c1-2-45-33(42)29-20-24-18-25(12-14-28(24)46-29)37-34(43)35(15-17-44-21-35)38-32(41)23-11-13-26-27(19-23)39-40(30-10-6-7-16-36-30)31(26)22-8-4-3-5-9-22/h6-7,10-14,16,18-20,22H,2-5,8-9,15,17,21H2,1H3,(H,37,43)(H,38,41)/t35-/m1/s1. The molecule has 1 saturated heterocycles. The zero-order valence-corrected chi connectivity index (χ0v) is 25.6. The van der Waals surface area contributed by atoms with Crippen LogP contribution in [-0.2, 0) is 14.3 Å². The fourth-order valence-corrected chi connectivity index (χ4v) is 6.53. The van der Waals surface area contributed by atoms with Crippen LogP contribution in [0.25, 0.3) is 27.7 Å². The summed E-state index contributed by atoms with van der Waals surface area (Å²) in [4.78, 5) is 44.1. The summed E-state index contributed by atoms with van der Waals surface area (Å²) in [6.07, 6.45) is 7.85. The van der Waals surface area contributed by atoms with E-state index < -0.39 is 23.3 Å². The minimum absolute atomic E-state index is 0.0356. The maximum Gasteiger partial charge on any atom is 0.374 e. The number of hydrogen-bond acceptors (Lipinski definition) is 8. The first kappa shape index (κ1) is 29.7. The van der Waals surface area contributed by atoms with E-state index in [1.54, 1.807) is 49.5 Å². The number of esters is 1. The van der Waals surface area contributed by atoms with Crippen LogP contribution in [0.4, 0.5) is 5.69 Å². The number of rotatable bonds is 8. The molecule has 1 aliphatic carbocycles. The van der Waals surface area contributed by atoms with Crippen LogP contribution in [0.2, 0.25) is 0 Å². The number of amides is 2. The molecule has 0 unspecified atom stereocenters. The summed E-state index contributed by atoms with van der Waals surface area (Å²) < 4.78 is 18.2. The summed E-state index contributed by atoms with van der Waals surface area (Å²) in [5.41, 5.74) is 1.94. The highest BCUT2D eigenvalue weighted by atomic mass is 16.5. The molecule has 46 heavy (non-hydrogen) atoms. The average Bonchev–Trinajstić information content (AvgIpc) is 3.83. The Labute approximate surface area is 265 Å². The quantitative estimate of drug-likeness (QED) is 0.204. The number of pyridine rings is 1. The number of nitrogens with zero attached hydrogens (tertiary/aromatic N) is 3. The van der Waals surface area contributed by atoms with Crippen LogP contribution in [0.15, 0.2) is 71.3 Å². The monoisotopic (exact) mass is 621 g/mol. The van der Waals surface area contributed by atoms with Crippen molar-refractivity contribution in [2.75, 3.05) is 25.1 Å². The van der Waals surface area contributed by atoms with E-state index in [0.29, 0.717) is 46.7 Å². The van der Waals surface area contributed by atoms with E-state index in [4.69, 9.17) is 19.0 Å². The topological polar surface area (TPSA) is 138 Å². The fourth-order valence-electron chi connectivity index (χ4n) is 6.53. The molecule has 1 aliphatic heterocycles. The van der Waals surface area contributed by atoms with Gasteiger partial charge in [-0.2, -0.15) is 5.10 Å². The van der Waals surface area contributed by atoms with Crippen molar-refractivity contribution in [1.82, 2.24) is 20.1 Å². The van der Waals surface area contributed by atoms with Gasteiger partial charge in [0, 0.05) is 47.2 Å². The number of nitrogens with one attached hydrogen (secondary N) is 2. The third kappa shape index (κ3) is 5.62. The van der Waals surface area contributed by atoms with Gasteiger partial charge in [-0.1, -0.05) is 31.4 Å². The Hall–Kier alpha value is -5.03. The lowest BCUT2D eigenvalue weighted by molar-refractivity contribution is -0.122. The van der Waals surface area contributed by atoms with Crippen molar-refractivity contribution >= 4 is 45.3 Å². The van der Waals surface area contributed by atoms with Gasteiger partial charge in [0.05, 0.1) is 24.4 Å². The normalized spacial score (nSPS) is 18.5. The number of aromatic nitrogens is 3. The smallest absolute Gasteiger partial charge is 0.374 e. The van der Waals surface area contributed by atoms with E-state index in [1.807, 2.05) is 28.9 Å². The van der Waals surface area contributed by atoms with Crippen LogP contribution in [0, 0.1) is 0 Å². The molecule has 2 aromatic carbocycles. The van der Waals surface area contributed by atoms with Crippen LogP contribution in [0.3, 0.4) is 0 Å². The molecule has 236 valence electrons. The molecule has 1 atom stereocenters. The van der Waals surface area contributed by atoms with Gasteiger partial charge in [0.2, 0.25) is 5.76 Å². The van der Waals surface area contributed by atoms with Gasteiger partial charge in [-0.3, -0.25) is 9.59 Å². The molecule has 11 nitrogen and oxygen atoms in total. The zero-order valence-electron chi connectivity index (χ0n) is 25.6. The summed E-state index contributed by atoms with van der Waals surface area (Å²) in [6, 6.07) is 17.9. The van der Waals surface area contributed by atoms with Crippen LogP contribution >= 0.6 is 0 Å². The van der Waals surface area contributed by atoms with Gasteiger partial charge in [0.1, 0.15) is 11.1 Å². The summed E-state index contributed by atoms with van der Waals surface area (Å²) in [7, 11) is 0. The Balaban J connectivity index is 1.14. The number of fused-ring (bicyclic) bond motifs is 2. The van der Waals surface area contributed by atoms with E-state index in [-0.39, 0.29) is 19.0 Å². The van der Waals surface area contributed by atoms with Gasteiger partial charge < -0.3 is 24.5 Å². The molecule has 7 rings (SSSR count). The number of anilines is 1. The van der Waals surface area contributed by atoms with Crippen molar-refractivity contribution in [3.63, 3.8) is 0 Å². The van der Waals surface area contributed by atoms with Crippen LogP contribution in [0.5, 0.6) is 0 Å². The lowest BCUT2D eigenvalue weighted by Gasteiger charge is -2.27. The van der Waals surface area contributed by atoms with Gasteiger partial charge in [-0.25, -0.2) is 14.5 Å². The maximum atomic E-state index is 13.7. The van der Waals surface area contributed by atoms with Crippen molar-refractivity contribution in [1.29, 1.82) is 0 Å². The molecular formula is C35H35N5O6. The van der Waals surface area contributed by atoms with Crippen LogP contribution in [0.1, 0.15) is 78.0 Å². The highest BCUT2D eigenvalue weighted by Gasteiger charge is 2.44. The second kappa shape index (κ2) is 12.4. The van der Waals surface area contributed by atoms with Crippen LogP contribution < -0.4 is 10.6 Å². The van der Waals surface area contributed by atoms with Gasteiger partial charge >= 0.3 is 5.97 Å². The molecule has 2 amide bonds. The summed E-state index contributed by atoms with van der Waals surface area (Å²) in [6.45, 7) is 2.32. The van der Waals surface area contributed by atoms with Crippen molar-refractivity contribution in [2.24, 2.45) is 0 Å². The summed E-state index contributed by atoms with van der Waals surface area (Å²) in [5, 5.41) is 12.5. The molecule has 0 radical (unpaired) electrons. The van der Waals surface area contributed by atoms with Gasteiger partial charge in [-0.15, -0.1) is 0 Å². The number of furan rings is 1. The molecule has 5 aromatic rings. The highest BCUT2D eigenvalue weighted by molar-refractivity contribution is 6.06. The van der Waals surface area contributed by atoms with Crippen molar-refractivity contribution < 1.29 is 28.3 Å². The maximum absolute atomic E-state index is 13.7. The average molecular weight is 622 g/mol. The second-order valence-electron chi connectivity index (χ2n) is 11.9. The zero-order chi connectivity index (χ0) is 31.7. The Kier molecular flexibility index (Phi) is 8.00. The van der Waals surface area contributed by atoms with E-state index >= 15 is 0 Å². The van der Waals surface area contributed by atoms with Crippen molar-refractivity contribution in [3.8, 4) is 5.82 Å². The van der Waals surface area contributed by atoms with Gasteiger partial charge in [0.15, 0.2) is 5.82 Å². The van der Waals surface area contributed by atoms with Crippen molar-refractivity contribution in [2.45, 2.75) is 56.9 Å². The Bertz CT molecular complexity index is 1920. The second-order valence-corrected chi connectivity index (χ2v) is 11.9. The number of hydrogen-bond donors (Lipinski definition) is 2. The molecule has 2 N–H and O–H groups in total. The van der Waals surface area contributed by atoms with E-state index in [1.165, 1.54) is 19.3 Å². The van der Waals surface area contributed by atoms with Crippen LogP contribution in [-0.4, -0.2) is 57.9 Å². The van der Waals surface area contributed by atoms with Crippen molar-refractivity contribution in [3.05, 3.63) is 83.9 Å². The van der Waals surface area contributed by atoms with E-state index in [2.05, 4.69) is 15.6 Å².